The zero-order valence-electron chi connectivity index (χ0n) is 17.5. The molecular formula is C23H24Cl3N3O3. The van der Waals surface area contributed by atoms with Gasteiger partial charge >= 0.3 is 6.09 Å². The number of alkyl carbamates (subject to hydrolysis) is 1. The number of nitrogens with one attached hydrogen (secondary N) is 3. The van der Waals surface area contributed by atoms with Gasteiger partial charge in [-0.1, -0.05) is 83.3 Å². The molecule has 0 aliphatic rings. The van der Waals surface area contributed by atoms with Gasteiger partial charge < -0.3 is 20.4 Å². The third-order valence-electron chi connectivity index (χ3n) is 5.01. The van der Waals surface area contributed by atoms with Gasteiger partial charge in [-0.3, -0.25) is 4.79 Å². The molecule has 3 N–H and O–H groups in total. The quantitative estimate of drug-likeness (QED) is 0.387. The second-order valence-electron chi connectivity index (χ2n) is 7.68. The fraction of sp³-hybridized carbons (Fsp3) is 0.304. The Kier molecular flexibility index (Phi) is 7.93. The summed E-state index contributed by atoms with van der Waals surface area (Å²) in [6, 6.07) is 17.5. The number of benzene rings is 2. The molecule has 6 nitrogen and oxygen atoms in total. The molecule has 32 heavy (non-hydrogen) atoms. The third kappa shape index (κ3) is 6.79. The van der Waals surface area contributed by atoms with Crippen LogP contribution in [0.1, 0.15) is 18.1 Å². The van der Waals surface area contributed by atoms with Crippen molar-refractivity contribution in [2.45, 2.75) is 29.1 Å². The highest BCUT2D eigenvalue weighted by Gasteiger charge is 2.37. The Hall–Kier alpha value is -2.41. The number of carbonyl (C=O) groups excluding carboxylic acids is 2. The van der Waals surface area contributed by atoms with Gasteiger partial charge in [-0.15, -0.1) is 0 Å². The van der Waals surface area contributed by atoms with Gasteiger partial charge in [-0.25, -0.2) is 4.79 Å². The molecule has 0 bridgehead atoms. The summed E-state index contributed by atoms with van der Waals surface area (Å²) in [5, 5.41) is 6.53. The first-order valence-electron chi connectivity index (χ1n) is 10.1. The number of aromatic amines is 1. The lowest BCUT2D eigenvalue weighted by Crippen LogP contribution is -2.58. The summed E-state index contributed by atoms with van der Waals surface area (Å²) in [5.74, 6) is -0.343. The average Bonchev–Trinajstić information content (AvgIpc) is 3.15. The Morgan fingerprint density at radius 2 is 1.72 bits per heavy atom. The largest absolute Gasteiger partial charge is 0.445 e. The number of para-hydroxylation sites is 1. The Morgan fingerprint density at radius 1 is 1.03 bits per heavy atom. The maximum Gasteiger partial charge on any atom is 0.408 e. The normalized spacial score (nSPS) is 13.4. The van der Waals surface area contributed by atoms with Crippen LogP contribution >= 0.6 is 34.8 Å². The van der Waals surface area contributed by atoms with Crippen LogP contribution in [0.2, 0.25) is 0 Å². The lowest BCUT2D eigenvalue weighted by atomic mass is 9.91. The summed E-state index contributed by atoms with van der Waals surface area (Å²) in [7, 11) is 0. The van der Waals surface area contributed by atoms with Crippen LogP contribution in [-0.2, 0) is 22.4 Å². The van der Waals surface area contributed by atoms with Crippen molar-refractivity contribution >= 4 is 57.7 Å². The Labute approximate surface area is 201 Å². The molecule has 0 saturated carbocycles. The molecular weight excluding hydrogens is 473 g/mol. The van der Waals surface area contributed by atoms with Crippen molar-refractivity contribution < 1.29 is 14.3 Å². The fourth-order valence-corrected chi connectivity index (χ4v) is 3.57. The van der Waals surface area contributed by atoms with E-state index in [0.29, 0.717) is 13.0 Å². The number of halogens is 3. The molecule has 1 heterocycles. The van der Waals surface area contributed by atoms with Gasteiger partial charge in [0.1, 0.15) is 12.1 Å². The van der Waals surface area contributed by atoms with Gasteiger partial charge in [0, 0.05) is 30.1 Å². The van der Waals surface area contributed by atoms with Crippen molar-refractivity contribution in [2.75, 3.05) is 13.2 Å². The van der Waals surface area contributed by atoms with Gasteiger partial charge in [0.2, 0.25) is 9.70 Å². The van der Waals surface area contributed by atoms with Gasteiger partial charge in [0.25, 0.3) is 0 Å². The number of fused-ring (bicyclic) bond motifs is 1. The van der Waals surface area contributed by atoms with Crippen molar-refractivity contribution in [1.29, 1.82) is 0 Å². The SMILES string of the molecule is CC(Cc1c[nH]c2ccccc12)(NC(=O)OCC(Cl)(Cl)Cl)C(=O)NCCc1ccccc1. The van der Waals surface area contributed by atoms with Crippen LogP contribution in [0.25, 0.3) is 10.9 Å². The van der Waals surface area contributed by atoms with Crippen LogP contribution in [0.5, 0.6) is 0 Å². The van der Waals surface area contributed by atoms with Crippen molar-refractivity contribution in [3.63, 3.8) is 0 Å². The zero-order chi connectivity index (χ0) is 23.2. The molecule has 170 valence electrons. The number of ether oxygens (including phenoxy) is 1. The predicted molar refractivity (Wildman–Crippen MR) is 128 cm³/mol. The van der Waals surface area contributed by atoms with Crippen molar-refractivity contribution in [1.82, 2.24) is 15.6 Å². The molecule has 9 heteroatoms. The van der Waals surface area contributed by atoms with Gasteiger partial charge in [0.05, 0.1) is 0 Å². The topological polar surface area (TPSA) is 83.2 Å². The Balaban J connectivity index is 1.74. The molecule has 2 aromatic carbocycles. The van der Waals surface area contributed by atoms with Gasteiger partial charge in [-0.2, -0.15) is 0 Å². The summed E-state index contributed by atoms with van der Waals surface area (Å²) in [4.78, 5) is 28.8. The molecule has 0 saturated heterocycles. The molecule has 0 radical (unpaired) electrons. The molecule has 0 aliphatic heterocycles. The van der Waals surface area contributed by atoms with E-state index in [0.717, 1.165) is 22.0 Å². The number of hydrogen-bond acceptors (Lipinski definition) is 3. The Morgan fingerprint density at radius 3 is 2.44 bits per heavy atom. The molecule has 0 fully saturated rings. The predicted octanol–water partition coefficient (Wildman–Crippen LogP) is 4.92. The summed E-state index contributed by atoms with van der Waals surface area (Å²) in [5.41, 5.74) is 1.61. The highest BCUT2D eigenvalue weighted by molar-refractivity contribution is 6.67. The molecule has 2 amide bonds. The number of rotatable bonds is 8. The monoisotopic (exact) mass is 495 g/mol. The van der Waals surface area contributed by atoms with Crippen LogP contribution in [0.4, 0.5) is 4.79 Å². The van der Waals surface area contributed by atoms with E-state index in [1.165, 1.54) is 0 Å². The van der Waals surface area contributed by atoms with E-state index in [9.17, 15) is 9.59 Å². The second-order valence-corrected chi connectivity index (χ2v) is 10.2. The minimum atomic E-state index is -1.75. The lowest BCUT2D eigenvalue weighted by molar-refractivity contribution is -0.126. The molecule has 1 unspecified atom stereocenters. The maximum absolute atomic E-state index is 13.2. The first-order chi connectivity index (χ1) is 15.2. The van der Waals surface area contributed by atoms with Crippen LogP contribution in [0.15, 0.2) is 60.8 Å². The molecule has 0 spiro atoms. The number of aromatic nitrogens is 1. The van der Waals surface area contributed by atoms with E-state index < -0.39 is 22.0 Å². The second kappa shape index (κ2) is 10.5. The summed E-state index contributed by atoms with van der Waals surface area (Å²) < 4.78 is 3.25. The van der Waals surface area contributed by atoms with E-state index >= 15 is 0 Å². The first-order valence-corrected chi connectivity index (χ1v) is 11.2. The fourth-order valence-electron chi connectivity index (χ4n) is 3.41. The highest BCUT2D eigenvalue weighted by Crippen LogP contribution is 2.26. The third-order valence-corrected chi connectivity index (χ3v) is 5.33. The van der Waals surface area contributed by atoms with E-state index in [1.54, 1.807) is 6.92 Å². The standard InChI is InChI=1S/C23H24Cl3N3O3/c1-22(29-21(31)32-15-23(24,25)26,13-17-14-28-19-10-6-5-9-18(17)19)20(30)27-12-11-16-7-3-2-4-8-16/h2-10,14,28H,11-13,15H2,1H3,(H,27,30)(H,29,31). The molecule has 3 aromatic rings. The first kappa shape index (κ1) is 24.2. The average molecular weight is 497 g/mol. The molecule has 3 rings (SSSR count). The zero-order valence-corrected chi connectivity index (χ0v) is 19.7. The summed E-state index contributed by atoms with van der Waals surface area (Å²) in [6.07, 6.45) is 1.87. The van der Waals surface area contributed by atoms with Crippen LogP contribution < -0.4 is 10.6 Å². The number of hydrogen-bond donors (Lipinski definition) is 3. The minimum Gasteiger partial charge on any atom is -0.445 e. The van der Waals surface area contributed by atoms with E-state index in [2.05, 4.69) is 15.6 Å². The molecule has 0 aliphatic carbocycles. The number of carbonyl (C=O) groups is 2. The smallest absolute Gasteiger partial charge is 0.408 e. The van der Waals surface area contributed by atoms with Gasteiger partial charge in [-0.05, 0) is 30.5 Å². The summed E-state index contributed by atoms with van der Waals surface area (Å²) >= 11 is 17.0. The number of alkyl halides is 3. The molecule has 1 aromatic heterocycles. The number of H-pyrrole nitrogens is 1. The van der Waals surface area contributed by atoms with Gasteiger partial charge in [0.15, 0.2) is 0 Å². The van der Waals surface area contributed by atoms with Crippen LogP contribution in [0, 0.1) is 0 Å². The highest BCUT2D eigenvalue weighted by atomic mass is 35.6. The minimum absolute atomic E-state index is 0.233. The molecule has 1 atom stereocenters. The Bertz CT molecular complexity index is 1070. The van der Waals surface area contributed by atoms with Crippen molar-refractivity contribution in [3.05, 3.63) is 71.9 Å². The van der Waals surface area contributed by atoms with E-state index in [4.69, 9.17) is 39.5 Å². The van der Waals surface area contributed by atoms with Crippen LogP contribution in [0.3, 0.4) is 0 Å². The van der Waals surface area contributed by atoms with Crippen LogP contribution in [-0.4, -0.2) is 39.5 Å². The maximum atomic E-state index is 13.2. The summed E-state index contributed by atoms with van der Waals surface area (Å²) in [6.45, 7) is 1.61. The van der Waals surface area contributed by atoms with Crippen molar-refractivity contribution in [2.24, 2.45) is 0 Å². The van der Waals surface area contributed by atoms with E-state index in [1.807, 2.05) is 60.8 Å². The van der Waals surface area contributed by atoms with E-state index in [-0.39, 0.29) is 12.3 Å². The lowest BCUT2D eigenvalue weighted by Gasteiger charge is -2.29. The van der Waals surface area contributed by atoms with Crippen molar-refractivity contribution in [3.8, 4) is 0 Å². The number of amides is 2.